The predicted molar refractivity (Wildman–Crippen MR) is 111 cm³/mol. The lowest BCUT2D eigenvalue weighted by molar-refractivity contribution is 0.102. The number of nitrogens with zero attached hydrogens (tertiary/aromatic N) is 2. The minimum atomic E-state index is -0.0929. The molecule has 1 heterocycles. The molecule has 0 spiro atoms. The van der Waals surface area contributed by atoms with Crippen molar-refractivity contribution in [3.63, 3.8) is 0 Å². The SMILES string of the molecule is Cl.Cl.Cn1cc(NC(=O)c2cccc(C3CC3NCC(C)(C)C)c2)cn1. The fourth-order valence-electron chi connectivity index (χ4n) is 2.83. The van der Waals surface area contributed by atoms with Crippen LogP contribution in [0.4, 0.5) is 5.69 Å². The Balaban J connectivity index is 0.00000169. The van der Waals surface area contributed by atoms with Gasteiger partial charge in [0.1, 0.15) is 0 Å². The number of anilines is 1. The van der Waals surface area contributed by atoms with Crippen molar-refractivity contribution >= 4 is 36.4 Å². The summed E-state index contributed by atoms with van der Waals surface area (Å²) in [6.45, 7) is 7.72. The van der Waals surface area contributed by atoms with Crippen LogP contribution in [-0.2, 0) is 7.05 Å². The second kappa shape index (κ2) is 8.89. The molecule has 1 saturated carbocycles. The van der Waals surface area contributed by atoms with Gasteiger partial charge >= 0.3 is 0 Å². The van der Waals surface area contributed by atoms with Gasteiger partial charge in [-0.1, -0.05) is 32.9 Å². The smallest absolute Gasteiger partial charge is 0.255 e. The molecular formula is C19H28Cl2N4O. The summed E-state index contributed by atoms with van der Waals surface area (Å²) in [7, 11) is 1.83. The van der Waals surface area contributed by atoms with E-state index in [0.717, 1.165) is 13.0 Å². The van der Waals surface area contributed by atoms with E-state index in [-0.39, 0.29) is 30.7 Å². The number of benzene rings is 1. The summed E-state index contributed by atoms with van der Waals surface area (Å²) in [4.78, 5) is 12.4. The highest BCUT2D eigenvalue weighted by Gasteiger charge is 2.38. The number of carbonyl (C=O) groups is 1. The summed E-state index contributed by atoms with van der Waals surface area (Å²) in [6, 6.07) is 8.47. The van der Waals surface area contributed by atoms with Crippen LogP contribution in [0.2, 0.25) is 0 Å². The zero-order valence-corrected chi connectivity index (χ0v) is 17.3. The maximum Gasteiger partial charge on any atom is 0.255 e. The van der Waals surface area contributed by atoms with E-state index in [1.54, 1.807) is 17.1 Å². The summed E-state index contributed by atoms with van der Waals surface area (Å²) in [6.07, 6.45) is 4.58. The van der Waals surface area contributed by atoms with Crippen molar-refractivity contribution < 1.29 is 4.79 Å². The standard InChI is InChI=1S/C19H26N4O.2ClH/c1-19(2,3)12-20-17-9-16(17)13-6-5-7-14(8-13)18(24)22-15-10-21-23(4)11-15;;/h5-8,10-11,16-17,20H,9,12H2,1-4H3,(H,22,24);2*1H. The molecule has 2 unspecified atom stereocenters. The van der Waals surface area contributed by atoms with Gasteiger partial charge in [-0.05, 0) is 29.5 Å². The summed E-state index contributed by atoms with van der Waals surface area (Å²) in [5, 5.41) is 10.6. The molecule has 2 aromatic rings. The van der Waals surface area contributed by atoms with Crippen molar-refractivity contribution in [3.8, 4) is 0 Å². The lowest BCUT2D eigenvalue weighted by Crippen LogP contribution is -2.29. The number of aromatic nitrogens is 2. The van der Waals surface area contributed by atoms with Crippen LogP contribution in [0.1, 0.15) is 49.0 Å². The van der Waals surface area contributed by atoms with Gasteiger partial charge < -0.3 is 10.6 Å². The van der Waals surface area contributed by atoms with Crippen LogP contribution >= 0.6 is 24.8 Å². The van der Waals surface area contributed by atoms with E-state index in [1.807, 2.05) is 25.2 Å². The number of hydrogen-bond donors (Lipinski definition) is 2. The van der Waals surface area contributed by atoms with Crippen LogP contribution < -0.4 is 10.6 Å². The molecule has 3 rings (SSSR count). The van der Waals surface area contributed by atoms with Crippen molar-refractivity contribution in [1.82, 2.24) is 15.1 Å². The van der Waals surface area contributed by atoms with Gasteiger partial charge in [0.15, 0.2) is 0 Å². The summed E-state index contributed by atoms with van der Waals surface area (Å²) < 4.78 is 1.67. The Morgan fingerprint density at radius 1 is 1.31 bits per heavy atom. The molecule has 0 radical (unpaired) electrons. The first-order chi connectivity index (χ1) is 11.3. The van der Waals surface area contributed by atoms with Gasteiger partial charge in [0.05, 0.1) is 11.9 Å². The molecule has 1 amide bonds. The van der Waals surface area contributed by atoms with Crippen LogP contribution in [0, 0.1) is 5.41 Å². The number of amides is 1. The zero-order chi connectivity index (χ0) is 17.3. The molecule has 1 fully saturated rings. The summed E-state index contributed by atoms with van der Waals surface area (Å²) in [5.74, 6) is 0.420. The molecule has 7 heteroatoms. The Labute approximate surface area is 167 Å². The molecule has 2 atom stereocenters. The zero-order valence-electron chi connectivity index (χ0n) is 15.7. The molecule has 1 aromatic carbocycles. The van der Waals surface area contributed by atoms with Gasteiger partial charge in [0.25, 0.3) is 5.91 Å². The van der Waals surface area contributed by atoms with E-state index in [0.29, 0.717) is 28.6 Å². The predicted octanol–water partition coefficient (Wildman–Crippen LogP) is 4.01. The third-order valence-corrected chi connectivity index (χ3v) is 4.22. The van der Waals surface area contributed by atoms with E-state index in [4.69, 9.17) is 0 Å². The first-order valence-electron chi connectivity index (χ1n) is 8.45. The van der Waals surface area contributed by atoms with E-state index in [1.165, 1.54) is 5.56 Å². The van der Waals surface area contributed by atoms with E-state index in [2.05, 4.69) is 42.6 Å². The number of nitrogens with one attached hydrogen (secondary N) is 2. The Kier molecular flexibility index (Phi) is 7.69. The van der Waals surface area contributed by atoms with Crippen LogP contribution in [0.25, 0.3) is 0 Å². The van der Waals surface area contributed by atoms with Gasteiger partial charge in [0.2, 0.25) is 0 Å². The van der Waals surface area contributed by atoms with Crippen molar-refractivity contribution in [2.75, 3.05) is 11.9 Å². The molecule has 5 nitrogen and oxygen atoms in total. The number of halogens is 2. The van der Waals surface area contributed by atoms with Crippen molar-refractivity contribution in [2.24, 2.45) is 12.5 Å². The molecular weight excluding hydrogens is 371 g/mol. The molecule has 0 aliphatic heterocycles. The largest absolute Gasteiger partial charge is 0.319 e. The number of aryl methyl sites for hydroxylation is 1. The van der Waals surface area contributed by atoms with Gasteiger partial charge in [0, 0.05) is 37.3 Å². The lowest BCUT2D eigenvalue weighted by atomic mass is 9.97. The van der Waals surface area contributed by atoms with Gasteiger partial charge in [-0.3, -0.25) is 9.48 Å². The maximum absolute atomic E-state index is 12.4. The lowest BCUT2D eigenvalue weighted by Gasteiger charge is -2.18. The fourth-order valence-corrected chi connectivity index (χ4v) is 2.83. The van der Waals surface area contributed by atoms with E-state index >= 15 is 0 Å². The van der Waals surface area contributed by atoms with Gasteiger partial charge in [-0.2, -0.15) is 5.10 Å². The van der Waals surface area contributed by atoms with Gasteiger partial charge in [-0.15, -0.1) is 24.8 Å². The Morgan fingerprint density at radius 2 is 2.04 bits per heavy atom. The number of hydrogen-bond acceptors (Lipinski definition) is 3. The molecule has 0 bridgehead atoms. The average Bonchev–Trinajstić information content (AvgIpc) is 3.20. The Morgan fingerprint density at radius 3 is 2.65 bits per heavy atom. The van der Waals surface area contributed by atoms with E-state index < -0.39 is 0 Å². The highest BCUT2D eigenvalue weighted by Crippen LogP contribution is 2.41. The topological polar surface area (TPSA) is 59.0 Å². The van der Waals surface area contributed by atoms with Gasteiger partial charge in [-0.25, -0.2) is 0 Å². The maximum atomic E-state index is 12.4. The molecule has 26 heavy (non-hydrogen) atoms. The Hall–Kier alpha value is -1.56. The second-order valence-corrected chi connectivity index (χ2v) is 7.87. The minimum Gasteiger partial charge on any atom is -0.319 e. The molecule has 2 N–H and O–H groups in total. The average molecular weight is 399 g/mol. The van der Waals surface area contributed by atoms with Crippen LogP contribution in [0.3, 0.4) is 0 Å². The normalized spacial score (nSPS) is 18.5. The minimum absolute atomic E-state index is 0. The summed E-state index contributed by atoms with van der Waals surface area (Å²) >= 11 is 0. The third-order valence-electron chi connectivity index (χ3n) is 4.22. The third kappa shape index (κ3) is 6.01. The van der Waals surface area contributed by atoms with Crippen molar-refractivity contribution in [3.05, 3.63) is 47.8 Å². The molecule has 1 aliphatic rings. The molecule has 144 valence electrons. The highest BCUT2D eigenvalue weighted by atomic mass is 35.5. The first kappa shape index (κ1) is 22.5. The number of carbonyl (C=O) groups excluding carboxylic acids is 1. The number of rotatable bonds is 5. The highest BCUT2D eigenvalue weighted by molar-refractivity contribution is 6.04. The monoisotopic (exact) mass is 398 g/mol. The second-order valence-electron chi connectivity index (χ2n) is 7.87. The Bertz CT molecular complexity index is 739. The quantitative estimate of drug-likeness (QED) is 0.799. The first-order valence-corrected chi connectivity index (χ1v) is 8.45. The van der Waals surface area contributed by atoms with Crippen molar-refractivity contribution in [2.45, 2.75) is 39.2 Å². The molecule has 0 saturated heterocycles. The molecule has 1 aromatic heterocycles. The van der Waals surface area contributed by atoms with Crippen LogP contribution in [0.5, 0.6) is 0 Å². The summed E-state index contributed by atoms with van der Waals surface area (Å²) in [5.41, 5.74) is 2.93. The van der Waals surface area contributed by atoms with Crippen LogP contribution in [0.15, 0.2) is 36.7 Å². The van der Waals surface area contributed by atoms with Crippen molar-refractivity contribution in [1.29, 1.82) is 0 Å². The van der Waals surface area contributed by atoms with E-state index in [9.17, 15) is 4.79 Å². The van der Waals surface area contributed by atoms with Crippen LogP contribution in [-0.4, -0.2) is 28.3 Å². The molecule has 1 aliphatic carbocycles. The fraction of sp³-hybridized carbons (Fsp3) is 0.474.